The average Bonchev–Trinajstić information content (AvgIpc) is 3.07. The van der Waals surface area contributed by atoms with E-state index >= 15 is 0 Å². The maximum atomic E-state index is 12.0. The van der Waals surface area contributed by atoms with Gasteiger partial charge in [0.2, 0.25) is 5.91 Å². The second-order valence-corrected chi connectivity index (χ2v) is 6.77. The number of rotatable bonds is 6. The molecule has 28 heavy (non-hydrogen) atoms. The van der Waals surface area contributed by atoms with Crippen molar-refractivity contribution in [3.05, 3.63) is 48.0 Å². The minimum absolute atomic E-state index is 0.208. The number of carbonyl (C=O) groups excluding carboxylic acids is 3. The first-order valence-electron chi connectivity index (χ1n) is 8.24. The van der Waals surface area contributed by atoms with Crippen LogP contribution in [0.4, 0.5) is 10.8 Å². The summed E-state index contributed by atoms with van der Waals surface area (Å²) in [5, 5.41) is 5.61. The molecule has 9 heteroatoms. The third-order valence-electron chi connectivity index (χ3n) is 3.62. The lowest BCUT2D eigenvalue weighted by Crippen LogP contribution is -2.20. The Morgan fingerprint density at radius 1 is 1.07 bits per heavy atom. The molecule has 0 spiro atoms. The van der Waals surface area contributed by atoms with Crippen molar-refractivity contribution in [3.63, 3.8) is 0 Å². The smallest absolute Gasteiger partial charge is 0.338 e. The summed E-state index contributed by atoms with van der Waals surface area (Å²) in [5.74, 6) is -0.638. The Morgan fingerprint density at radius 2 is 1.82 bits per heavy atom. The number of nitrogens with one attached hydrogen (secondary N) is 2. The molecule has 2 N–H and O–H groups in total. The van der Waals surface area contributed by atoms with Gasteiger partial charge < -0.3 is 14.8 Å². The van der Waals surface area contributed by atoms with Crippen LogP contribution in [0, 0.1) is 0 Å². The molecule has 0 unspecified atom stereocenters. The SMILES string of the molecule is COc1ccc2nc(NC(=O)COC(=O)c3ccc(NC(C)=O)cc3)sc2c1. The highest BCUT2D eigenvalue weighted by molar-refractivity contribution is 7.22. The molecule has 1 heterocycles. The van der Waals surface area contributed by atoms with Gasteiger partial charge in [0.25, 0.3) is 5.91 Å². The minimum atomic E-state index is -0.640. The summed E-state index contributed by atoms with van der Waals surface area (Å²) < 4.78 is 11.0. The fourth-order valence-electron chi connectivity index (χ4n) is 2.35. The molecule has 0 saturated heterocycles. The number of fused-ring (bicyclic) bond motifs is 1. The number of amides is 2. The third-order valence-corrected chi connectivity index (χ3v) is 4.55. The van der Waals surface area contributed by atoms with Crippen LogP contribution in [0.2, 0.25) is 0 Å². The molecule has 0 aliphatic rings. The Kier molecular flexibility index (Phi) is 5.85. The van der Waals surface area contributed by atoms with E-state index in [2.05, 4.69) is 15.6 Å². The molecule has 0 bridgehead atoms. The zero-order valence-electron chi connectivity index (χ0n) is 15.1. The van der Waals surface area contributed by atoms with E-state index in [1.54, 1.807) is 31.4 Å². The molecule has 0 radical (unpaired) electrons. The predicted octanol–water partition coefficient (Wildman–Crippen LogP) is 3.06. The standard InChI is InChI=1S/C19H17N3O5S/c1-11(23)20-13-5-3-12(4-6-13)18(25)27-10-17(24)22-19-21-15-8-7-14(26-2)9-16(15)28-19/h3-9H,10H2,1-2H3,(H,20,23)(H,21,22,24). The molecule has 0 aliphatic heterocycles. The van der Waals surface area contributed by atoms with E-state index in [4.69, 9.17) is 9.47 Å². The quantitative estimate of drug-likeness (QED) is 0.617. The minimum Gasteiger partial charge on any atom is -0.497 e. The van der Waals surface area contributed by atoms with Crippen LogP contribution in [0.25, 0.3) is 10.2 Å². The lowest BCUT2D eigenvalue weighted by Gasteiger charge is -2.06. The van der Waals surface area contributed by atoms with E-state index in [1.165, 1.54) is 30.4 Å². The van der Waals surface area contributed by atoms with E-state index in [9.17, 15) is 14.4 Å². The molecule has 0 fully saturated rings. The van der Waals surface area contributed by atoms with Gasteiger partial charge in [0, 0.05) is 12.6 Å². The van der Waals surface area contributed by atoms with Gasteiger partial charge in [-0.05, 0) is 42.5 Å². The third kappa shape index (κ3) is 4.83. The van der Waals surface area contributed by atoms with Gasteiger partial charge in [0.1, 0.15) is 5.75 Å². The number of aromatic nitrogens is 1. The zero-order valence-corrected chi connectivity index (χ0v) is 16.0. The van der Waals surface area contributed by atoms with Crippen molar-refractivity contribution in [2.24, 2.45) is 0 Å². The highest BCUT2D eigenvalue weighted by Crippen LogP contribution is 2.29. The fourth-order valence-corrected chi connectivity index (χ4v) is 3.26. The number of hydrogen-bond acceptors (Lipinski definition) is 7. The second-order valence-electron chi connectivity index (χ2n) is 5.74. The zero-order chi connectivity index (χ0) is 20.1. The molecule has 0 saturated carbocycles. The van der Waals surface area contributed by atoms with Gasteiger partial charge in [-0.25, -0.2) is 9.78 Å². The molecule has 3 aromatic rings. The van der Waals surface area contributed by atoms with Crippen LogP contribution >= 0.6 is 11.3 Å². The molecule has 8 nitrogen and oxygen atoms in total. The van der Waals surface area contributed by atoms with Crippen LogP contribution in [-0.4, -0.2) is 36.5 Å². The monoisotopic (exact) mass is 399 g/mol. The van der Waals surface area contributed by atoms with Crippen LogP contribution < -0.4 is 15.4 Å². The summed E-state index contributed by atoms with van der Waals surface area (Å²) in [5.41, 5.74) is 1.57. The number of nitrogens with zero attached hydrogens (tertiary/aromatic N) is 1. The largest absolute Gasteiger partial charge is 0.497 e. The lowest BCUT2D eigenvalue weighted by atomic mass is 10.2. The normalized spacial score (nSPS) is 10.4. The molecule has 2 aromatic carbocycles. The van der Waals surface area contributed by atoms with Crippen LogP contribution in [0.1, 0.15) is 17.3 Å². The van der Waals surface area contributed by atoms with Crippen molar-refractivity contribution in [2.45, 2.75) is 6.92 Å². The fraction of sp³-hybridized carbons (Fsp3) is 0.158. The number of methoxy groups -OCH3 is 1. The van der Waals surface area contributed by atoms with Crippen LogP contribution in [0.15, 0.2) is 42.5 Å². The molecule has 3 rings (SSSR count). The molecular formula is C19H17N3O5S. The predicted molar refractivity (Wildman–Crippen MR) is 106 cm³/mol. The van der Waals surface area contributed by atoms with Crippen molar-refractivity contribution in [1.82, 2.24) is 4.98 Å². The number of hydrogen-bond donors (Lipinski definition) is 2. The van der Waals surface area contributed by atoms with E-state index in [1.807, 2.05) is 6.07 Å². The number of benzene rings is 2. The second kappa shape index (κ2) is 8.49. The molecule has 0 atom stereocenters. The lowest BCUT2D eigenvalue weighted by molar-refractivity contribution is -0.119. The summed E-state index contributed by atoms with van der Waals surface area (Å²) in [6, 6.07) is 11.6. The molecule has 0 aliphatic carbocycles. The van der Waals surface area contributed by atoms with Crippen LogP contribution in [0.5, 0.6) is 5.75 Å². The van der Waals surface area contributed by atoms with Gasteiger partial charge in [-0.2, -0.15) is 0 Å². The maximum Gasteiger partial charge on any atom is 0.338 e. The number of carbonyl (C=O) groups is 3. The summed E-state index contributed by atoms with van der Waals surface area (Å²) in [7, 11) is 1.58. The summed E-state index contributed by atoms with van der Waals surface area (Å²) >= 11 is 1.29. The summed E-state index contributed by atoms with van der Waals surface area (Å²) in [6.45, 7) is 0.953. The first kappa shape index (κ1) is 19.3. The van der Waals surface area contributed by atoms with Gasteiger partial charge in [-0.15, -0.1) is 0 Å². The van der Waals surface area contributed by atoms with E-state index in [0.29, 0.717) is 16.6 Å². The summed E-state index contributed by atoms with van der Waals surface area (Å²) in [4.78, 5) is 39.4. The van der Waals surface area contributed by atoms with E-state index in [0.717, 1.165) is 10.2 Å². The van der Waals surface area contributed by atoms with Crippen LogP contribution in [-0.2, 0) is 14.3 Å². The molecular weight excluding hydrogens is 382 g/mol. The van der Waals surface area contributed by atoms with Gasteiger partial charge in [-0.1, -0.05) is 11.3 Å². The number of ether oxygens (including phenoxy) is 2. The van der Waals surface area contributed by atoms with Crippen LogP contribution in [0.3, 0.4) is 0 Å². The van der Waals surface area contributed by atoms with Gasteiger partial charge in [0.15, 0.2) is 11.7 Å². The molecule has 2 amide bonds. The van der Waals surface area contributed by atoms with E-state index in [-0.39, 0.29) is 11.5 Å². The van der Waals surface area contributed by atoms with Crippen molar-refractivity contribution in [2.75, 3.05) is 24.4 Å². The molecule has 1 aromatic heterocycles. The summed E-state index contributed by atoms with van der Waals surface area (Å²) in [6.07, 6.45) is 0. The van der Waals surface area contributed by atoms with Gasteiger partial charge in [0.05, 0.1) is 22.9 Å². The van der Waals surface area contributed by atoms with Gasteiger partial charge >= 0.3 is 5.97 Å². The highest BCUT2D eigenvalue weighted by atomic mass is 32.1. The molecule has 144 valence electrons. The van der Waals surface area contributed by atoms with Crippen molar-refractivity contribution in [1.29, 1.82) is 0 Å². The van der Waals surface area contributed by atoms with Gasteiger partial charge in [-0.3, -0.25) is 14.9 Å². The van der Waals surface area contributed by atoms with Crippen molar-refractivity contribution >= 4 is 50.2 Å². The Hall–Kier alpha value is -3.46. The Morgan fingerprint density at radius 3 is 2.50 bits per heavy atom. The van der Waals surface area contributed by atoms with Crippen molar-refractivity contribution < 1.29 is 23.9 Å². The Labute approximate surface area is 164 Å². The average molecular weight is 399 g/mol. The first-order valence-corrected chi connectivity index (χ1v) is 9.05. The first-order chi connectivity index (χ1) is 13.4. The van der Waals surface area contributed by atoms with E-state index < -0.39 is 18.5 Å². The number of thiazole rings is 1. The Balaban J connectivity index is 1.55. The Bertz CT molecular complexity index is 1030. The topological polar surface area (TPSA) is 107 Å². The number of esters is 1. The highest BCUT2D eigenvalue weighted by Gasteiger charge is 2.13. The maximum absolute atomic E-state index is 12.0. The van der Waals surface area contributed by atoms with Crippen molar-refractivity contribution in [3.8, 4) is 5.75 Å². The number of anilines is 2.